The van der Waals surface area contributed by atoms with Gasteiger partial charge in [0.05, 0.1) is 17.8 Å². The van der Waals surface area contributed by atoms with Gasteiger partial charge < -0.3 is 14.2 Å². The smallest absolute Gasteiger partial charge is 0.310 e. The summed E-state index contributed by atoms with van der Waals surface area (Å²) in [6.45, 7) is 6.85. The Morgan fingerprint density at radius 2 is 2.00 bits per heavy atom. The minimum Gasteiger partial charge on any atom is -0.459 e. The molecule has 2 aliphatic rings. The number of cyclic esters (lactones) is 1. The molecule has 4 rings (SSSR count). The summed E-state index contributed by atoms with van der Waals surface area (Å²) in [6, 6.07) is 0. The van der Waals surface area contributed by atoms with E-state index in [2.05, 4.69) is 20.1 Å². The Morgan fingerprint density at radius 1 is 1.24 bits per heavy atom. The van der Waals surface area contributed by atoms with Crippen molar-refractivity contribution in [2.75, 3.05) is 13.1 Å². The summed E-state index contributed by atoms with van der Waals surface area (Å²) < 4.78 is 10.7. The molecule has 2 aromatic heterocycles. The average molecular weight is 399 g/mol. The number of hydrogen-bond donors (Lipinski definition) is 0. The first-order valence-electron chi connectivity index (χ1n) is 9.94. The van der Waals surface area contributed by atoms with Crippen LogP contribution < -0.4 is 0 Å². The van der Waals surface area contributed by atoms with Crippen LogP contribution in [0.25, 0.3) is 11.6 Å². The number of rotatable bonds is 4. The third kappa shape index (κ3) is 4.28. The molecule has 9 nitrogen and oxygen atoms in total. The maximum Gasteiger partial charge on any atom is 0.310 e. The van der Waals surface area contributed by atoms with E-state index in [0.717, 1.165) is 18.5 Å². The van der Waals surface area contributed by atoms with Crippen LogP contribution in [0, 0.1) is 12.8 Å². The fourth-order valence-corrected chi connectivity index (χ4v) is 3.96. The van der Waals surface area contributed by atoms with Gasteiger partial charge in [0, 0.05) is 38.0 Å². The SMILES string of the molecule is Cc1cnc(-c2nc(C3CCN(C(=O)CC4CC(C)(C)OC4=O)CC3)no2)cn1. The third-order valence-electron chi connectivity index (χ3n) is 5.52. The van der Waals surface area contributed by atoms with Crippen LogP contribution in [-0.4, -0.2) is 55.6 Å². The van der Waals surface area contributed by atoms with Crippen molar-refractivity contribution in [3.8, 4) is 11.6 Å². The van der Waals surface area contributed by atoms with Gasteiger partial charge >= 0.3 is 5.97 Å². The lowest BCUT2D eigenvalue weighted by molar-refractivity contribution is -0.150. The molecule has 1 amide bonds. The zero-order chi connectivity index (χ0) is 20.6. The quantitative estimate of drug-likeness (QED) is 0.720. The van der Waals surface area contributed by atoms with Gasteiger partial charge in [-0.15, -0.1) is 0 Å². The number of hydrogen-bond acceptors (Lipinski definition) is 8. The van der Waals surface area contributed by atoms with E-state index in [9.17, 15) is 9.59 Å². The zero-order valence-corrected chi connectivity index (χ0v) is 16.9. The summed E-state index contributed by atoms with van der Waals surface area (Å²) in [7, 11) is 0. The number of amides is 1. The van der Waals surface area contributed by atoms with E-state index in [1.54, 1.807) is 12.4 Å². The monoisotopic (exact) mass is 399 g/mol. The molecule has 9 heteroatoms. The summed E-state index contributed by atoms with van der Waals surface area (Å²) >= 11 is 0. The standard InChI is InChI=1S/C20H25N5O4/c1-12-10-22-15(11-21-12)18-23-17(24-29-18)13-4-6-25(7-5-13)16(26)8-14-9-20(2,3)28-19(14)27/h10-11,13-14H,4-9H2,1-3H3. The lowest BCUT2D eigenvalue weighted by atomic mass is 9.92. The van der Waals surface area contributed by atoms with Crippen molar-refractivity contribution in [1.82, 2.24) is 25.0 Å². The molecule has 0 N–H and O–H groups in total. The van der Waals surface area contributed by atoms with Crippen molar-refractivity contribution in [2.45, 2.75) is 58.0 Å². The van der Waals surface area contributed by atoms with Gasteiger partial charge in [-0.2, -0.15) is 4.98 Å². The molecular weight excluding hydrogens is 374 g/mol. The molecule has 0 saturated carbocycles. The fourth-order valence-electron chi connectivity index (χ4n) is 3.96. The highest BCUT2D eigenvalue weighted by atomic mass is 16.6. The number of nitrogens with zero attached hydrogens (tertiary/aromatic N) is 5. The largest absolute Gasteiger partial charge is 0.459 e. The summed E-state index contributed by atoms with van der Waals surface area (Å²) in [5.41, 5.74) is 0.890. The molecule has 1 unspecified atom stereocenters. The lowest BCUT2D eigenvalue weighted by Gasteiger charge is -2.31. The molecular formula is C20H25N5O4. The van der Waals surface area contributed by atoms with E-state index < -0.39 is 5.60 Å². The lowest BCUT2D eigenvalue weighted by Crippen LogP contribution is -2.39. The second kappa shape index (κ2) is 7.53. The number of ether oxygens (including phenoxy) is 1. The van der Waals surface area contributed by atoms with Crippen molar-refractivity contribution in [1.29, 1.82) is 0 Å². The normalized spacial score (nSPS) is 22.0. The van der Waals surface area contributed by atoms with Crippen LogP contribution in [-0.2, 0) is 14.3 Å². The summed E-state index contributed by atoms with van der Waals surface area (Å²) in [5.74, 6) is 0.517. The van der Waals surface area contributed by atoms with E-state index in [4.69, 9.17) is 9.26 Å². The van der Waals surface area contributed by atoms with Gasteiger partial charge in [-0.25, -0.2) is 4.98 Å². The van der Waals surface area contributed by atoms with Crippen LogP contribution in [0.2, 0.25) is 0 Å². The van der Waals surface area contributed by atoms with Gasteiger partial charge in [-0.3, -0.25) is 14.6 Å². The molecule has 0 radical (unpaired) electrons. The van der Waals surface area contributed by atoms with Crippen LogP contribution in [0.1, 0.15) is 57.0 Å². The number of likely N-dealkylation sites (tertiary alicyclic amines) is 1. The summed E-state index contributed by atoms with van der Waals surface area (Å²) in [5, 5.41) is 4.10. The number of carbonyl (C=O) groups is 2. The van der Waals surface area contributed by atoms with Crippen molar-refractivity contribution < 1.29 is 18.8 Å². The minimum atomic E-state index is -0.479. The van der Waals surface area contributed by atoms with Crippen molar-refractivity contribution in [3.63, 3.8) is 0 Å². The van der Waals surface area contributed by atoms with Gasteiger partial charge in [0.1, 0.15) is 11.3 Å². The van der Waals surface area contributed by atoms with Crippen LogP contribution in [0.15, 0.2) is 16.9 Å². The maximum absolute atomic E-state index is 12.6. The highest BCUT2D eigenvalue weighted by molar-refractivity contribution is 5.84. The number of carbonyl (C=O) groups excluding carboxylic acids is 2. The summed E-state index contributed by atoms with van der Waals surface area (Å²) in [4.78, 5) is 39.3. The molecule has 0 aromatic carbocycles. The topological polar surface area (TPSA) is 111 Å². The van der Waals surface area contributed by atoms with Crippen LogP contribution >= 0.6 is 0 Å². The Kier molecular flexibility index (Phi) is 5.06. The Bertz CT molecular complexity index is 900. The first-order valence-corrected chi connectivity index (χ1v) is 9.94. The Hall–Kier alpha value is -2.84. The number of aryl methyl sites for hydroxylation is 1. The number of esters is 1. The van der Waals surface area contributed by atoms with E-state index >= 15 is 0 Å². The highest BCUT2D eigenvalue weighted by Crippen LogP contribution is 2.33. The first kappa shape index (κ1) is 19.5. The first-order chi connectivity index (χ1) is 13.8. The van der Waals surface area contributed by atoms with E-state index in [1.165, 1.54) is 0 Å². The molecule has 1 atom stereocenters. The van der Waals surface area contributed by atoms with Gasteiger partial charge in [0.15, 0.2) is 5.82 Å². The zero-order valence-electron chi connectivity index (χ0n) is 16.9. The van der Waals surface area contributed by atoms with Crippen molar-refractivity contribution >= 4 is 11.9 Å². The molecule has 0 aliphatic carbocycles. The summed E-state index contributed by atoms with van der Waals surface area (Å²) in [6.07, 6.45) is 5.58. The van der Waals surface area contributed by atoms with Crippen molar-refractivity contribution in [2.24, 2.45) is 5.92 Å². The molecule has 2 saturated heterocycles. The second-order valence-electron chi connectivity index (χ2n) is 8.44. The Labute approximate surface area is 168 Å². The fraction of sp³-hybridized carbons (Fsp3) is 0.600. The molecule has 4 heterocycles. The van der Waals surface area contributed by atoms with Crippen LogP contribution in [0.3, 0.4) is 0 Å². The van der Waals surface area contributed by atoms with Crippen LogP contribution in [0.5, 0.6) is 0 Å². The average Bonchev–Trinajstić information content (AvgIpc) is 3.27. The van der Waals surface area contributed by atoms with Gasteiger partial charge in [-0.1, -0.05) is 5.16 Å². The number of piperidine rings is 1. The molecule has 2 aromatic rings. The predicted molar refractivity (Wildman–Crippen MR) is 102 cm³/mol. The molecule has 154 valence electrons. The van der Waals surface area contributed by atoms with Gasteiger partial charge in [-0.05, 0) is 33.6 Å². The van der Waals surface area contributed by atoms with Crippen molar-refractivity contribution in [3.05, 3.63) is 23.9 Å². The predicted octanol–water partition coefficient (Wildman–Crippen LogP) is 2.27. The third-order valence-corrected chi connectivity index (χ3v) is 5.52. The number of aromatic nitrogens is 4. The van der Waals surface area contributed by atoms with Gasteiger partial charge in [0.25, 0.3) is 5.89 Å². The van der Waals surface area contributed by atoms with E-state index in [-0.39, 0.29) is 30.1 Å². The Morgan fingerprint density at radius 3 is 2.62 bits per heavy atom. The highest BCUT2D eigenvalue weighted by Gasteiger charge is 2.41. The molecule has 2 fully saturated rings. The molecule has 29 heavy (non-hydrogen) atoms. The van der Waals surface area contributed by atoms with Gasteiger partial charge in [0.2, 0.25) is 5.91 Å². The maximum atomic E-state index is 12.6. The molecule has 0 spiro atoms. The molecule has 0 bridgehead atoms. The second-order valence-corrected chi connectivity index (χ2v) is 8.44. The van der Waals surface area contributed by atoms with Crippen LogP contribution in [0.4, 0.5) is 0 Å². The van der Waals surface area contributed by atoms with E-state index in [0.29, 0.717) is 36.9 Å². The van der Waals surface area contributed by atoms with E-state index in [1.807, 2.05) is 25.7 Å². The molecule has 2 aliphatic heterocycles. The minimum absolute atomic E-state index is 0.00632. The Balaban J connectivity index is 1.32.